The summed E-state index contributed by atoms with van der Waals surface area (Å²) < 4.78 is 11.9. The van der Waals surface area contributed by atoms with Crippen LogP contribution in [-0.2, 0) is 12.8 Å². The Hall–Kier alpha value is -4.92. The van der Waals surface area contributed by atoms with E-state index in [9.17, 15) is 15.0 Å². The standard InChI is InChI=1S/C26H16N4O5/c31-29-20-14-24-18(13-16-7-2-4-10-22(16)35-24)25(26(20)30(32)33)28-27-19-8-5-11-23-17(19)12-15-6-1-3-9-21(15)34-23/h1-11,14H,12-13H2. The minimum atomic E-state index is -0.661. The Morgan fingerprint density at radius 3 is 2.03 bits per heavy atom. The van der Waals surface area contributed by atoms with E-state index in [0.717, 1.165) is 22.4 Å². The van der Waals surface area contributed by atoms with Gasteiger partial charge in [-0.2, -0.15) is 0 Å². The van der Waals surface area contributed by atoms with Gasteiger partial charge in [0, 0.05) is 30.0 Å². The van der Waals surface area contributed by atoms with Gasteiger partial charge in [-0.05, 0) is 40.6 Å². The Morgan fingerprint density at radius 1 is 0.714 bits per heavy atom. The number of ether oxygens (including phenoxy) is 2. The van der Waals surface area contributed by atoms with Gasteiger partial charge >= 0.3 is 5.69 Å². The second-order valence-corrected chi connectivity index (χ2v) is 8.14. The van der Waals surface area contributed by atoms with Crippen LogP contribution in [0, 0.1) is 15.0 Å². The smallest absolute Gasteiger partial charge is 0.326 e. The lowest BCUT2D eigenvalue weighted by Crippen LogP contribution is -2.05. The van der Waals surface area contributed by atoms with Crippen molar-refractivity contribution in [2.24, 2.45) is 15.4 Å². The predicted molar refractivity (Wildman–Crippen MR) is 128 cm³/mol. The molecule has 0 saturated heterocycles. The summed E-state index contributed by atoms with van der Waals surface area (Å²) in [6.45, 7) is 0. The number of rotatable bonds is 4. The second kappa shape index (κ2) is 8.14. The summed E-state index contributed by atoms with van der Waals surface area (Å²) in [6, 6.07) is 21.8. The topological polar surface area (TPSA) is 116 Å². The lowest BCUT2D eigenvalue weighted by molar-refractivity contribution is -0.383. The summed E-state index contributed by atoms with van der Waals surface area (Å²) in [5.74, 6) is 2.34. The van der Waals surface area contributed by atoms with Gasteiger partial charge in [-0.3, -0.25) is 10.1 Å². The molecular weight excluding hydrogens is 448 g/mol. The lowest BCUT2D eigenvalue weighted by Gasteiger charge is -2.22. The molecule has 170 valence electrons. The summed E-state index contributed by atoms with van der Waals surface area (Å²) in [5.41, 5.74) is 2.73. The highest BCUT2D eigenvalue weighted by Gasteiger charge is 2.31. The number of nitro groups is 1. The molecule has 0 fully saturated rings. The van der Waals surface area contributed by atoms with Crippen LogP contribution in [0.15, 0.2) is 88.2 Å². The van der Waals surface area contributed by atoms with Crippen LogP contribution in [0.25, 0.3) is 0 Å². The Kier molecular flexibility index (Phi) is 4.81. The van der Waals surface area contributed by atoms with Crippen molar-refractivity contribution in [1.82, 2.24) is 0 Å². The van der Waals surface area contributed by atoms with Crippen molar-refractivity contribution in [3.8, 4) is 23.0 Å². The molecule has 0 spiro atoms. The third-order valence-electron chi connectivity index (χ3n) is 6.08. The zero-order valence-electron chi connectivity index (χ0n) is 18.2. The number of nitro benzene ring substituents is 1. The summed E-state index contributed by atoms with van der Waals surface area (Å²) in [7, 11) is 0. The number of nitroso groups, excluding NO2 is 1. The summed E-state index contributed by atoms with van der Waals surface area (Å²) in [5, 5.41) is 23.5. The number of hydrogen-bond donors (Lipinski definition) is 0. The normalized spacial score (nSPS) is 13.0. The number of azo groups is 1. The van der Waals surface area contributed by atoms with Gasteiger partial charge in [0.1, 0.15) is 23.0 Å². The molecule has 0 saturated carbocycles. The maximum absolute atomic E-state index is 12.0. The Bertz CT molecular complexity index is 1560. The fraction of sp³-hybridized carbons (Fsp3) is 0.0769. The highest BCUT2D eigenvalue weighted by molar-refractivity contribution is 5.80. The van der Waals surface area contributed by atoms with Gasteiger partial charge in [-0.15, -0.1) is 15.1 Å². The van der Waals surface area contributed by atoms with Crippen LogP contribution >= 0.6 is 0 Å². The van der Waals surface area contributed by atoms with Gasteiger partial charge in [0.25, 0.3) is 0 Å². The van der Waals surface area contributed by atoms with Crippen LogP contribution in [0.4, 0.5) is 22.7 Å². The molecule has 2 aliphatic rings. The van der Waals surface area contributed by atoms with Gasteiger partial charge in [0.15, 0.2) is 11.4 Å². The predicted octanol–water partition coefficient (Wildman–Crippen LogP) is 7.80. The van der Waals surface area contributed by atoms with E-state index in [1.165, 1.54) is 6.07 Å². The quantitative estimate of drug-likeness (QED) is 0.114. The van der Waals surface area contributed by atoms with Crippen molar-refractivity contribution in [3.05, 3.63) is 110 Å². The molecule has 0 bridgehead atoms. The van der Waals surface area contributed by atoms with Crippen molar-refractivity contribution < 1.29 is 14.4 Å². The summed E-state index contributed by atoms with van der Waals surface area (Å²) in [4.78, 5) is 22.8. The highest BCUT2D eigenvalue weighted by atomic mass is 16.6. The fourth-order valence-electron chi connectivity index (χ4n) is 4.42. The Morgan fingerprint density at radius 2 is 1.34 bits per heavy atom. The summed E-state index contributed by atoms with van der Waals surface area (Å²) in [6.07, 6.45) is 0.913. The van der Waals surface area contributed by atoms with Crippen LogP contribution in [0.1, 0.15) is 22.3 Å². The van der Waals surface area contributed by atoms with Crippen LogP contribution in [-0.4, -0.2) is 4.92 Å². The van der Waals surface area contributed by atoms with E-state index in [0.29, 0.717) is 41.3 Å². The van der Waals surface area contributed by atoms with Crippen molar-refractivity contribution >= 4 is 22.7 Å². The van der Waals surface area contributed by atoms with Crippen LogP contribution < -0.4 is 9.47 Å². The minimum Gasteiger partial charge on any atom is -0.457 e. The minimum absolute atomic E-state index is 0.0497. The number of fused-ring (bicyclic) bond motifs is 4. The number of para-hydroxylation sites is 2. The third kappa shape index (κ3) is 3.50. The zero-order chi connectivity index (χ0) is 23.9. The molecule has 35 heavy (non-hydrogen) atoms. The number of hydrogen-bond acceptors (Lipinski definition) is 8. The average molecular weight is 464 g/mol. The molecule has 0 unspecified atom stereocenters. The lowest BCUT2D eigenvalue weighted by atomic mass is 9.97. The first-order valence-corrected chi connectivity index (χ1v) is 10.8. The first-order chi connectivity index (χ1) is 17.1. The largest absolute Gasteiger partial charge is 0.457 e. The van der Waals surface area contributed by atoms with Crippen molar-refractivity contribution in [2.75, 3.05) is 0 Å². The van der Waals surface area contributed by atoms with Crippen LogP contribution in [0.2, 0.25) is 0 Å². The molecule has 0 aliphatic carbocycles. The van der Waals surface area contributed by atoms with E-state index in [1.807, 2.05) is 48.5 Å². The molecule has 6 rings (SSSR count). The molecule has 4 aromatic rings. The van der Waals surface area contributed by atoms with Gasteiger partial charge in [0.05, 0.1) is 10.6 Å². The molecule has 9 nitrogen and oxygen atoms in total. The molecule has 2 aliphatic heterocycles. The SMILES string of the molecule is O=Nc1cc2c(c(N=Nc3cccc4c3Cc3ccccc3O4)c1[N+](=O)[O-])Cc1ccccc1O2. The van der Waals surface area contributed by atoms with Crippen molar-refractivity contribution in [1.29, 1.82) is 0 Å². The van der Waals surface area contributed by atoms with Gasteiger partial charge in [-0.25, -0.2) is 0 Å². The Balaban J connectivity index is 1.48. The Labute approximate surface area is 198 Å². The maximum atomic E-state index is 12.0. The first kappa shape index (κ1) is 20.7. The maximum Gasteiger partial charge on any atom is 0.326 e. The monoisotopic (exact) mass is 464 g/mol. The van der Waals surface area contributed by atoms with Crippen molar-refractivity contribution in [3.63, 3.8) is 0 Å². The molecule has 2 heterocycles. The molecule has 0 amide bonds. The van der Waals surface area contributed by atoms with Crippen LogP contribution in [0.3, 0.4) is 0 Å². The highest BCUT2D eigenvalue weighted by Crippen LogP contribution is 2.50. The van der Waals surface area contributed by atoms with Gasteiger partial charge in [0.2, 0.25) is 0 Å². The van der Waals surface area contributed by atoms with Crippen molar-refractivity contribution in [2.45, 2.75) is 12.8 Å². The molecule has 0 aromatic heterocycles. The summed E-state index contributed by atoms with van der Waals surface area (Å²) >= 11 is 0. The van der Waals surface area contributed by atoms with Gasteiger partial charge in [-0.1, -0.05) is 42.5 Å². The van der Waals surface area contributed by atoms with E-state index in [-0.39, 0.29) is 11.4 Å². The molecule has 9 heteroatoms. The molecule has 0 N–H and O–H groups in total. The average Bonchev–Trinajstić information content (AvgIpc) is 2.88. The fourth-order valence-corrected chi connectivity index (χ4v) is 4.42. The molecule has 0 atom stereocenters. The molecule has 0 radical (unpaired) electrons. The molecule has 4 aromatic carbocycles. The molecular formula is C26H16N4O5. The van der Waals surface area contributed by atoms with Gasteiger partial charge < -0.3 is 9.47 Å². The number of benzene rings is 4. The van der Waals surface area contributed by atoms with E-state index >= 15 is 0 Å². The van der Waals surface area contributed by atoms with E-state index in [1.54, 1.807) is 18.2 Å². The second-order valence-electron chi connectivity index (χ2n) is 8.14. The van der Waals surface area contributed by atoms with E-state index in [4.69, 9.17) is 9.47 Å². The zero-order valence-corrected chi connectivity index (χ0v) is 18.2. The van der Waals surface area contributed by atoms with E-state index in [2.05, 4.69) is 15.4 Å². The van der Waals surface area contributed by atoms with E-state index < -0.39 is 10.6 Å². The van der Waals surface area contributed by atoms with Crippen LogP contribution in [0.5, 0.6) is 23.0 Å². The third-order valence-corrected chi connectivity index (χ3v) is 6.08. The first-order valence-electron chi connectivity index (χ1n) is 10.8. The number of nitrogens with zero attached hydrogens (tertiary/aromatic N) is 4.